The Bertz CT molecular complexity index is 618. The minimum Gasteiger partial charge on any atom is -0.492 e. The molecule has 4 nitrogen and oxygen atoms in total. The van der Waals surface area contributed by atoms with E-state index in [0.29, 0.717) is 35.7 Å². The van der Waals surface area contributed by atoms with E-state index >= 15 is 0 Å². The van der Waals surface area contributed by atoms with Crippen LogP contribution in [0.5, 0.6) is 11.5 Å². The fourth-order valence-corrected chi connectivity index (χ4v) is 2.83. The molecule has 0 saturated carbocycles. The van der Waals surface area contributed by atoms with Gasteiger partial charge in [-0.2, -0.15) is 0 Å². The molecule has 0 spiro atoms. The molecule has 1 aromatic rings. The molecule has 1 rings (SSSR count). The second-order valence-corrected chi connectivity index (χ2v) is 8.08. The summed E-state index contributed by atoms with van der Waals surface area (Å²) in [5, 5.41) is 4.62. The molecule has 0 saturated heterocycles. The minimum atomic E-state index is 0.169. The molecular formula is C20H28Cl3NO3. The Balaban J connectivity index is 2.35. The second kappa shape index (κ2) is 13.1. The Morgan fingerprint density at radius 1 is 1.15 bits per heavy atom. The van der Waals surface area contributed by atoms with E-state index in [1.165, 1.54) is 0 Å². The van der Waals surface area contributed by atoms with Gasteiger partial charge in [-0.15, -0.1) is 0 Å². The number of halogens is 3. The predicted octanol–water partition coefficient (Wildman–Crippen LogP) is 6.94. The first kappa shape index (κ1) is 23.9. The first-order valence-corrected chi connectivity index (χ1v) is 10.1. The zero-order valence-corrected chi connectivity index (χ0v) is 18.6. The highest BCUT2D eigenvalue weighted by Crippen LogP contribution is 2.33. The average molecular weight is 437 g/mol. The third-order valence-corrected chi connectivity index (χ3v) is 4.08. The summed E-state index contributed by atoms with van der Waals surface area (Å²) in [6.07, 6.45) is 4.23. The molecule has 7 heteroatoms. The molecule has 0 heterocycles. The summed E-state index contributed by atoms with van der Waals surface area (Å²) < 4.78 is 11.5. The van der Waals surface area contributed by atoms with Crippen molar-refractivity contribution in [1.82, 2.24) is 0 Å². The Morgan fingerprint density at radius 2 is 1.85 bits per heavy atom. The molecule has 152 valence electrons. The van der Waals surface area contributed by atoms with Gasteiger partial charge in [-0.25, -0.2) is 0 Å². The van der Waals surface area contributed by atoms with Crippen LogP contribution in [-0.4, -0.2) is 25.5 Å². The molecule has 0 radical (unpaired) electrons. The van der Waals surface area contributed by atoms with Gasteiger partial charge in [-0.3, -0.25) is 0 Å². The average Bonchev–Trinajstić information content (AvgIpc) is 2.55. The van der Waals surface area contributed by atoms with E-state index < -0.39 is 0 Å². The van der Waals surface area contributed by atoms with Crippen LogP contribution in [0.15, 0.2) is 27.9 Å². The van der Waals surface area contributed by atoms with Gasteiger partial charge in [0.2, 0.25) is 0 Å². The summed E-state index contributed by atoms with van der Waals surface area (Å²) in [5.41, 5.74) is 1.93. The number of rotatable bonds is 12. The van der Waals surface area contributed by atoms with Crippen LogP contribution in [0.2, 0.25) is 5.02 Å². The number of hydrogen-bond donors (Lipinski definition) is 0. The zero-order chi connectivity index (χ0) is 20.2. The van der Waals surface area contributed by atoms with Crippen LogP contribution >= 0.6 is 34.8 Å². The first-order chi connectivity index (χ1) is 12.8. The Morgan fingerprint density at radius 3 is 2.48 bits per heavy atom. The van der Waals surface area contributed by atoms with Crippen LogP contribution in [0.3, 0.4) is 0 Å². The van der Waals surface area contributed by atoms with Crippen molar-refractivity contribution in [2.75, 3.05) is 19.8 Å². The maximum Gasteiger partial charge on any atom is 0.141 e. The standard InChI is InChI=1S/C20H28Cl3NO3/c1-14(2)11-16(4)24-27-9-6-5-8-26-20-15(3)12-17(13-18(20)21)25-10-7-19(22)23/h7,12-14H,5-6,8-11H2,1-4H3/b24-16+. The van der Waals surface area contributed by atoms with E-state index in [-0.39, 0.29) is 11.1 Å². The number of nitrogens with zero attached hydrogens (tertiary/aromatic N) is 1. The van der Waals surface area contributed by atoms with Crippen LogP contribution in [-0.2, 0) is 4.84 Å². The van der Waals surface area contributed by atoms with Gasteiger partial charge < -0.3 is 14.3 Å². The third-order valence-electron chi connectivity index (χ3n) is 3.49. The van der Waals surface area contributed by atoms with Crippen molar-refractivity contribution in [3.8, 4) is 11.5 Å². The van der Waals surface area contributed by atoms with E-state index in [1.807, 2.05) is 19.9 Å². The Labute approximate surface area is 177 Å². The lowest BCUT2D eigenvalue weighted by atomic mass is 10.1. The highest BCUT2D eigenvalue weighted by Gasteiger charge is 2.09. The van der Waals surface area contributed by atoms with E-state index in [2.05, 4.69) is 19.0 Å². The van der Waals surface area contributed by atoms with E-state index in [9.17, 15) is 0 Å². The monoisotopic (exact) mass is 435 g/mol. The third kappa shape index (κ3) is 10.7. The van der Waals surface area contributed by atoms with Gasteiger partial charge in [0.1, 0.15) is 29.2 Å². The first-order valence-electron chi connectivity index (χ1n) is 9.02. The van der Waals surface area contributed by atoms with Crippen molar-refractivity contribution in [2.45, 2.75) is 47.0 Å². The highest BCUT2D eigenvalue weighted by atomic mass is 35.5. The molecule has 0 N–H and O–H groups in total. The normalized spacial score (nSPS) is 11.5. The molecule has 0 aliphatic heterocycles. The number of aryl methyl sites for hydroxylation is 1. The molecule has 27 heavy (non-hydrogen) atoms. The largest absolute Gasteiger partial charge is 0.492 e. The Kier molecular flexibility index (Phi) is 11.7. The predicted molar refractivity (Wildman–Crippen MR) is 115 cm³/mol. The molecular weight excluding hydrogens is 409 g/mol. The fourth-order valence-electron chi connectivity index (χ4n) is 2.39. The van der Waals surface area contributed by atoms with E-state index in [1.54, 1.807) is 12.1 Å². The van der Waals surface area contributed by atoms with Gasteiger partial charge in [0, 0.05) is 6.07 Å². The molecule has 0 aliphatic carbocycles. The van der Waals surface area contributed by atoms with Gasteiger partial charge in [-0.1, -0.05) is 53.8 Å². The molecule has 0 amide bonds. The summed E-state index contributed by atoms with van der Waals surface area (Å²) in [4.78, 5) is 5.33. The summed E-state index contributed by atoms with van der Waals surface area (Å²) >= 11 is 17.4. The maximum absolute atomic E-state index is 6.30. The molecule has 0 aliphatic rings. The van der Waals surface area contributed by atoms with Crippen molar-refractivity contribution in [3.63, 3.8) is 0 Å². The van der Waals surface area contributed by atoms with Crippen LogP contribution in [0.25, 0.3) is 0 Å². The highest BCUT2D eigenvalue weighted by molar-refractivity contribution is 6.55. The topological polar surface area (TPSA) is 40.0 Å². The van der Waals surface area contributed by atoms with Crippen LogP contribution in [0.4, 0.5) is 0 Å². The smallest absolute Gasteiger partial charge is 0.141 e. The van der Waals surface area contributed by atoms with Gasteiger partial charge in [0.05, 0.1) is 17.3 Å². The fraction of sp³-hybridized carbons (Fsp3) is 0.550. The number of hydrogen-bond acceptors (Lipinski definition) is 4. The molecule has 0 bridgehead atoms. The maximum atomic E-state index is 6.30. The van der Waals surface area contributed by atoms with Gasteiger partial charge in [0.15, 0.2) is 0 Å². The summed E-state index contributed by atoms with van der Waals surface area (Å²) in [7, 11) is 0. The number of ether oxygens (including phenoxy) is 2. The summed E-state index contributed by atoms with van der Waals surface area (Å²) in [6, 6.07) is 3.59. The van der Waals surface area contributed by atoms with Crippen LogP contribution in [0.1, 0.15) is 45.6 Å². The lowest BCUT2D eigenvalue weighted by molar-refractivity contribution is 0.134. The minimum absolute atomic E-state index is 0.169. The second-order valence-electron chi connectivity index (χ2n) is 6.67. The van der Waals surface area contributed by atoms with Crippen molar-refractivity contribution in [1.29, 1.82) is 0 Å². The van der Waals surface area contributed by atoms with E-state index in [4.69, 9.17) is 49.1 Å². The number of oxime groups is 1. The molecule has 1 aromatic carbocycles. The van der Waals surface area contributed by atoms with Crippen molar-refractivity contribution < 1.29 is 14.3 Å². The van der Waals surface area contributed by atoms with Crippen molar-refractivity contribution >= 4 is 40.5 Å². The zero-order valence-electron chi connectivity index (χ0n) is 16.4. The molecule has 0 aromatic heterocycles. The SMILES string of the molecule is C/C(CC(C)C)=N\OCCCCOc1c(C)cc(OCC=C(Cl)Cl)cc1Cl. The van der Waals surface area contributed by atoms with Crippen molar-refractivity contribution in [2.24, 2.45) is 11.1 Å². The van der Waals surface area contributed by atoms with Crippen molar-refractivity contribution in [3.05, 3.63) is 33.3 Å². The van der Waals surface area contributed by atoms with E-state index in [0.717, 1.165) is 30.5 Å². The molecule has 0 atom stereocenters. The molecule has 0 unspecified atom stereocenters. The van der Waals surface area contributed by atoms with Gasteiger partial charge in [0.25, 0.3) is 0 Å². The Hall–Kier alpha value is -1.10. The quantitative estimate of drug-likeness (QED) is 0.202. The van der Waals surface area contributed by atoms with Gasteiger partial charge >= 0.3 is 0 Å². The van der Waals surface area contributed by atoms with Crippen LogP contribution < -0.4 is 9.47 Å². The lowest BCUT2D eigenvalue weighted by Crippen LogP contribution is -2.03. The molecule has 0 fully saturated rings. The lowest BCUT2D eigenvalue weighted by Gasteiger charge is -2.13. The summed E-state index contributed by atoms with van der Waals surface area (Å²) in [6.45, 7) is 9.65. The summed E-state index contributed by atoms with van der Waals surface area (Å²) in [5.74, 6) is 1.89. The number of benzene rings is 1. The number of unbranched alkanes of at least 4 members (excludes halogenated alkanes) is 1. The van der Waals surface area contributed by atoms with Crippen LogP contribution in [0, 0.1) is 12.8 Å². The van der Waals surface area contributed by atoms with Gasteiger partial charge in [-0.05, 0) is 56.7 Å².